The van der Waals surface area contributed by atoms with Gasteiger partial charge in [0.25, 0.3) is 0 Å². The largest absolute Gasteiger partial charge is 0.399 e. The molecule has 0 aliphatic heterocycles. The van der Waals surface area contributed by atoms with Crippen LogP contribution in [-0.2, 0) is 0 Å². The number of aromatic nitrogens is 1. The second-order valence-corrected chi connectivity index (χ2v) is 3.99. The number of nitrogens with zero attached hydrogens (tertiary/aromatic N) is 1. The number of nitrogens with two attached hydrogens (primary N) is 2. The van der Waals surface area contributed by atoms with Crippen LogP contribution >= 0.6 is 0 Å². The molecule has 17 heavy (non-hydrogen) atoms. The summed E-state index contributed by atoms with van der Waals surface area (Å²) in [5.74, 6) is 5.39. The van der Waals surface area contributed by atoms with Crippen molar-refractivity contribution in [3.05, 3.63) is 42.5 Å². The Morgan fingerprint density at radius 3 is 2.35 bits per heavy atom. The molecular weight excluding hydrogens is 212 g/mol. The highest BCUT2D eigenvalue weighted by molar-refractivity contribution is 5.95. The van der Waals surface area contributed by atoms with E-state index in [1.54, 1.807) is 0 Å². The van der Waals surface area contributed by atoms with Crippen molar-refractivity contribution in [3.8, 4) is 0 Å². The first-order valence-corrected chi connectivity index (χ1v) is 5.33. The molecule has 0 fully saturated rings. The number of anilines is 2. The maximum Gasteiger partial charge on any atom is 0.0711 e. The van der Waals surface area contributed by atoms with Crippen LogP contribution in [0.5, 0.6) is 0 Å². The van der Waals surface area contributed by atoms with Crippen molar-refractivity contribution in [1.82, 2.24) is 4.98 Å². The van der Waals surface area contributed by atoms with Crippen LogP contribution in [0.1, 0.15) is 0 Å². The minimum absolute atomic E-state index is 0.742. The predicted molar refractivity (Wildman–Crippen MR) is 71.5 cm³/mol. The van der Waals surface area contributed by atoms with E-state index in [2.05, 4.69) is 16.5 Å². The number of nitrogens with one attached hydrogen (secondary N) is 1. The smallest absolute Gasteiger partial charge is 0.0711 e. The number of hydrogen-bond donors (Lipinski definition) is 3. The van der Waals surface area contributed by atoms with Gasteiger partial charge in [-0.1, -0.05) is 0 Å². The molecule has 84 valence electrons. The summed E-state index contributed by atoms with van der Waals surface area (Å²) in [4.78, 5) is 4.57. The molecule has 3 rings (SSSR count). The molecule has 0 amide bonds. The van der Waals surface area contributed by atoms with Gasteiger partial charge in [0.2, 0.25) is 0 Å². The SMILES string of the molecule is NNc1ccc2nc3ccc(N)cc3cc2c1. The number of nitrogen functional groups attached to an aromatic ring is 2. The van der Waals surface area contributed by atoms with Gasteiger partial charge in [0, 0.05) is 22.1 Å². The molecule has 2 aromatic carbocycles. The van der Waals surface area contributed by atoms with E-state index in [4.69, 9.17) is 11.6 Å². The van der Waals surface area contributed by atoms with E-state index in [1.165, 1.54) is 0 Å². The number of pyridine rings is 1. The zero-order valence-electron chi connectivity index (χ0n) is 9.14. The van der Waals surface area contributed by atoms with E-state index < -0.39 is 0 Å². The molecule has 0 spiro atoms. The molecule has 0 aliphatic carbocycles. The maximum atomic E-state index is 5.76. The lowest BCUT2D eigenvalue weighted by Gasteiger charge is -2.05. The van der Waals surface area contributed by atoms with Crippen LogP contribution in [0.15, 0.2) is 42.5 Å². The number of fused-ring (bicyclic) bond motifs is 2. The Kier molecular flexibility index (Phi) is 2.09. The number of benzene rings is 2. The maximum absolute atomic E-state index is 5.76. The van der Waals surface area contributed by atoms with Gasteiger partial charge in [-0.25, -0.2) is 4.98 Å². The molecule has 1 aromatic heterocycles. The summed E-state index contributed by atoms with van der Waals surface area (Å²) in [6.45, 7) is 0. The van der Waals surface area contributed by atoms with Crippen LogP contribution in [0.4, 0.5) is 11.4 Å². The summed E-state index contributed by atoms with van der Waals surface area (Å²) in [5.41, 5.74) is 11.9. The third kappa shape index (κ3) is 1.64. The molecule has 4 nitrogen and oxygen atoms in total. The fourth-order valence-electron chi connectivity index (χ4n) is 1.95. The third-order valence-electron chi connectivity index (χ3n) is 2.80. The van der Waals surface area contributed by atoms with Crippen molar-refractivity contribution >= 4 is 33.2 Å². The van der Waals surface area contributed by atoms with E-state index in [9.17, 15) is 0 Å². The second kappa shape index (κ2) is 3.61. The zero-order chi connectivity index (χ0) is 11.8. The first-order chi connectivity index (χ1) is 8.26. The molecule has 0 aliphatic rings. The van der Waals surface area contributed by atoms with Crippen molar-refractivity contribution in [3.63, 3.8) is 0 Å². The standard InChI is InChI=1S/C13H12N4/c14-10-1-3-12-8(6-10)5-9-7-11(17-15)2-4-13(9)16-12/h1-7,17H,14-15H2. The molecule has 0 saturated heterocycles. The first kappa shape index (κ1) is 9.86. The van der Waals surface area contributed by atoms with Crippen LogP contribution in [0.25, 0.3) is 21.8 Å². The molecule has 0 atom stereocenters. The zero-order valence-corrected chi connectivity index (χ0v) is 9.14. The van der Waals surface area contributed by atoms with Gasteiger partial charge in [0.05, 0.1) is 11.0 Å². The van der Waals surface area contributed by atoms with Gasteiger partial charge in [-0.15, -0.1) is 0 Å². The van der Waals surface area contributed by atoms with E-state index in [0.717, 1.165) is 33.2 Å². The Balaban J connectivity index is 2.36. The van der Waals surface area contributed by atoms with Gasteiger partial charge in [0.1, 0.15) is 0 Å². The molecule has 0 saturated carbocycles. The van der Waals surface area contributed by atoms with Crippen LogP contribution in [-0.4, -0.2) is 4.98 Å². The average Bonchev–Trinajstić information content (AvgIpc) is 2.35. The van der Waals surface area contributed by atoms with Gasteiger partial charge in [-0.3, -0.25) is 5.84 Å². The average molecular weight is 224 g/mol. The van der Waals surface area contributed by atoms with E-state index in [0.29, 0.717) is 0 Å². The van der Waals surface area contributed by atoms with Crippen molar-refractivity contribution < 1.29 is 0 Å². The molecule has 0 radical (unpaired) electrons. The highest BCUT2D eigenvalue weighted by atomic mass is 15.2. The van der Waals surface area contributed by atoms with Crippen LogP contribution < -0.4 is 17.0 Å². The van der Waals surface area contributed by atoms with Gasteiger partial charge in [-0.2, -0.15) is 0 Å². The Labute approximate surface area is 98.2 Å². The summed E-state index contributed by atoms with van der Waals surface area (Å²) < 4.78 is 0. The van der Waals surface area contributed by atoms with Gasteiger partial charge >= 0.3 is 0 Å². The molecule has 3 aromatic rings. The molecular formula is C13H12N4. The quantitative estimate of drug-likeness (QED) is 0.256. The van der Waals surface area contributed by atoms with Crippen LogP contribution in [0.2, 0.25) is 0 Å². The fourth-order valence-corrected chi connectivity index (χ4v) is 1.95. The minimum Gasteiger partial charge on any atom is -0.399 e. The predicted octanol–water partition coefficient (Wildman–Crippen LogP) is 2.26. The fraction of sp³-hybridized carbons (Fsp3) is 0. The van der Waals surface area contributed by atoms with Crippen molar-refractivity contribution in [1.29, 1.82) is 0 Å². The summed E-state index contributed by atoms with van der Waals surface area (Å²) in [5, 5.41) is 2.07. The van der Waals surface area contributed by atoms with Crippen molar-refractivity contribution in [2.75, 3.05) is 11.2 Å². The van der Waals surface area contributed by atoms with Gasteiger partial charge in [-0.05, 0) is 42.5 Å². The number of rotatable bonds is 1. The van der Waals surface area contributed by atoms with E-state index in [1.807, 2.05) is 36.4 Å². The lowest BCUT2D eigenvalue weighted by molar-refractivity contribution is 1.36. The highest BCUT2D eigenvalue weighted by Crippen LogP contribution is 2.23. The Bertz CT molecular complexity index is 706. The molecule has 5 N–H and O–H groups in total. The van der Waals surface area contributed by atoms with Crippen LogP contribution in [0.3, 0.4) is 0 Å². The van der Waals surface area contributed by atoms with Crippen molar-refractivity contribution in [2.45, 2.75) is 0 Å². The monoisotopic (exact) mass is 224 g/mol. The molecule has 0 unspecified atom stereocenters. The minimum atomic E-state index is 0.742. The van der Waals surface area contributed by atoms with Gasteiger partial charge in [0.15, 0.2) is 0 Å². The molecule has 1 heterocycles. The Morgan fingerprint density at radius 1 is 0.882 bits per heavy atom. The first-order valence-electron chi connectivity index (χ1n) is 5.33. The Hall–Kier alpha value is -2.33. The number of hydrogen-bond acceptors (Lipinski definition) is 4. The summed E-state index contributed by atoms with van der Waals surface area (Å²) in [7, 11) is 0. The van der Waals surface area contributed by atoms with E-state index in [-0.39, 0.29) is 0 Å². The Morgan fingerprint density at radius 2 is 1.59 bits per heavy atom. The highest BCUT2D eigenvalue weighted by Gasteiger charge is 2.01. The molecule has 4 heteroatoms. The second-order valence-electron chi connectivity index (χ2n) is 3.99. The van der Waals surface area contributed by atoms with Crippen LogP contribution in [0, 0.1) is 0 Å². The van der Waals surface area contributed by atoms with E-state index >= 15 is 0 Å². The summed E-state index contributed by atoms with van der Waals surface area (Å²) >= 11 is 0. The lowest BCUT2D eigenvalue weighted by atomic mass is 10.1. The summed E-state index contributed by atoms with van der Waals surface area (Å²) in [6.07, 6.45) is 0. The summed E-state index contributed by atoms with van der Waals surface area (Å²) in [6, 6.07) is 13.6. The lowest BCUT2D eigenvalue weighted by Crippen LogP contribution is -2.06. The van der Waals surface area contributed by atoms with Gasteiger partial charge < -0.3 is 11.2 Å². The number of hydrazine groups is 1. The van der Waals surface area contributed by atoms with Crippen molar-refractivity contribution in [2.24, 2.45) is 5.84 Å². The molecule has 0 bridgehead atoms. The topological polar surface area (TPSA) is 77.0 Å². The third-order valence-corrected chi connectivity index (χ3v) is 2.80. The normalized spacial score (nSPS) is 10.9.